The normalized spacial score (nSPS) is 14.7. The fourth-order valence-electron chi connectivity index (χ4n) is 2.80. The maximum atomic E-state index is 12.6. The Balaban J connectivity index is 2.29. The molecule has 0 atom stereocenters. The zero-order valence-corrected chi connectivity index (χ0v) is 13.7. The standard InChI is InChI=1S/C18H23NO3/c1-11-9-13(3)16(10-12(11)2)19-17(20)14-7-5-6-8-15(14)18(21)22-4/h9-10H,5-8H2,1-4H3,(H,19,20). The largest absolute Gasteiger partial charge is 0.466 e. The molecule has 1 N–H and O–H groups in total. The minimum atomic E-state index is -0.387. The molecule has 0 radical (unpaired) electrons. The van der Waals surface area contributed by atoms with Gasteiger partial charge in [-0.05, 0) is 69.2 Å². The van der Waals surface area contributed by atoms with Crippen LogP contribution in [0, 0.1) is 20.8 Å². The summed E-state index contributed by atoms with van der Waals surface area (Å²) in [6, 6.07) is 4.03. The monoisotopic (exact) mass is 301 g/mol. The van der Waals surface area contributed by atoms with Crippen LogP contribution in [-0.4, -0.2) is 19.0 Å². The van der Waals surface area contributed by atoms with Crippen molar-refractivity contribution in [3.63, 3.8) is 0 Å². The molecule has 118 valence electrons. The molecule has 1 aromatic carbocycles. The maximum Gasteiger partial charge on any atom is 0.334 e. The van der Waals surface area contributed by atoms with Crippen LogP contribution in [0.4, 0.5) is 5.69 Å². The molecule has 2 rings (SSSR count). The highest BCUT2D eigenvalue weighted by Gasteiger charge is 2.24. The van der Waals surface area contributed by atoms with Crippen molar-refractivity contribution in [3.05, 3.63) is 40.0 Å². The predicted molar refractivity (Wildman–Crippen MR) is 86.8 cm³/mol. The van der Waals surface area contributed by atoms with Gasteiger partial charge in [0.1, 0.15) is 0 Å². The van der Waals surface area contributed by atoms with E-state index in [2.05, 4.69) is 11.4 Å². The zero-order valence-electron chi connectivity index (χ0n) is 13.7. The SMILES string of the molecule is COC(=O)C1=C(C(=O)Nc2cc(C)c(C)cc2C)CCCC1. The number of carbonyl (C=O) groups excluding carboxylic acids is 2. The van der Waals surface area contributed by atoms with Gasteiger partial charge in [-0.25, -0.2) is 4.79 Å². The molecule has 22 heavy (non-hydrogen) atoms. The van der Waals surface area contributed by atoms with Gasteiger partial charge < -0.3 is 10.1 Å². The fourth-order valence-corrected chi connectivity index (χ4v) is 2.80. The summed E-state index contributed by atoms with van der Waals surface area (Å²) in [7, 11) is 1.35. The van der Waals surface area contributed by atoms with Gasteiger partial charge in [-0.3, -0.25) is 4.79 Å². The number of carbonyl (C=O) groups is 2. The minimum Gasteiger partial charge on any atom is -0.466 e. The van der Waals surface area contributed by atoms with Crippen molar-refractivity contribution in [3.8, 4) is 0 Å². The first kappa shape index (κ1) is 16.3. The number of hydrogen-bond acceptors (Lipinski definition) is 3. The third kappa shape index (κ3) is 3.38. The van der Waals surface area contributed by atoms with Gasteiger partial charge in [-0.15, -0.1) is 0 Å². The number of esters is 1. The lowest BCUT2D eigenvalue weighted by atomic mass is 9.91. The highest BCUT2D eigenvalue weighted by atomic mass is 16.5. The third-order valence-electron chi connectivity index (χ3n) is 4.26. The summed E-state index contributed by atoms with van der Waals surface area (Å²) in [5.74, 6) is -0.576. The van der Waals surface area contributed by atoms with E-state index < -0.39 is 0 Å². The Morgan fingerprint density at radius 1 is 0.955 bits per heavy atom. The summed E-state index contributed by atoms with van der Waals surface area (Å²) >= 11 is 0. The van der Waals surface area contributed by atoms with Gasteiger partial charge in [-0.1, -0.05) is 6.07 Å². The Kier molecular flexibility index (Phi) is 5.01. The van der Waals surface area contributed by atoms with Crippen LogP contribution >= 0.6 is 0 Å². The number of anilines is 1. The Morgan fingerprint density at radius 3 is 2.18 bits per heavy atom. The van der Waals surface area contributed by atoms with Crippen molar-refractivity contribution in [2.75, 3.05) is 12.4 Å². The topological polar surface area (TPSA) is 55.4 Å². The number of ether oxygens (including phenoxy) is 1. The number of nitrogens with one attached hydrogen (secondary N) is 1. The summed E-state index contributed by atoms with van der Waals surface area (Å²) in [6.45, 7) is 6.04. The smallest absolute Gasteiger partial charge is 0.334 e. The minimum absolute atomic E-state index is 0.188. The second-order valence-corrected chi connectivity index (χ2v) is 5.86. The number of methoxy groups -OCH3 is 1. The van der Waals surface area contributed by atoms with Gasteiger partial charge >= 0.3 is 5.97 Å². The molecule has 4 heteroatoms. The van der Waals surface area contributed by atoms with E-state index in [0.717, 1.165) is 29.7 Å². The molecular formula is C18H23NO3. The number of amides is 1. The third-order valence-corrected chi connectivity index (χ3v) is 4.26. The second kappa shape index (κ2) is 6.77. The highest BCUT2D eigenvalue weighted by molar-refractivity contribution is 6.09. The zero-order chi connectivity index (χ0) is 16.3. The van der Waals surface area contributed by atoms with Crippen LogP contribution in [0.25, 0.3) is 0 Å². The van der Waals surface area contributed by atoms with Crippen LogP contribution in [0.15, 0.2) is 23.3 Å². The lowest BCUT2D eigenvalue weighted by Gasteiger charge is -2.19. The van der Waals surface area contributed by atoms with E-state index in [4.69, 9.17) is 4.74 Å². The number of benzene rings is 1. The molecule has 1 aliphatic carbocycles. The molecule has 1 aromatic rings. The van der Waals surface area contributed by atoms with Crippen LogP contribution in [0.2, 0.25) is 0 Å². The summed E-state index contributed by atoms with van der Waals surface area (Å²) in [6.07, 6.45) is 3.08. The van der Waals surface area contributed by atoms with Gasteiger partial charge in [-0.2, -0.15) is 0 Å². The number of hydrogen-bond donors (Lipinski definition) is 1. The molecule has 0 unspecified atom stereocenters. The van der Waals surface area contributed by atoms with Crippen molar-refractivity contribution < 1.29 is 14.3 Å². The van der Waals surface area contributed by atoms with E-state index in [1.54, 1.807) is 0 Å². The second-order valence-electron chi connectivity index (χ2n) is 5.86. The lowest BCUT2D eigenvalue weighted by Crippen LogP contribution is -2.22. The van der Waals surface area contributed by atoms with E-state index in [1.807, 2.05) is 26.8 Å². The van der Waals surface area contributed by atoms with Crippen molar-refractivity contribution in [1.29, 1.82) is 0 Å². The Bertz CT molecular complexity index is 644. The number of aryl methyl sites for hydroxylation is 3. The average Bonchev–Trinajstić information content (AvgIpc) is 2.51. The van der Waals surface area contributed by atoms with Gasteiger partial charge in [0.05, 0.1) is 7.11 Å². The van der Waals surface area contributed by atoms with Gasteiger partial charge in [0.15, 0.2) is 0 Å². The highest BCUT2D eigenvalue weighted by Crippen LogP contribution is 2.28. The average molecular weight is 301 g/mol. The molecule has 0 heterocycles. The molecule has 0 bridgehead atoms. The van der Waals surface area contributed by atoms with Crippen LogP contribution in [0.3, 0.4) is 0 Å². The molecule has 0 aliphatic heterocycles. The first-order valence-electron chi connectivity index (χ1n) is 7.63. The van der Waals surface area contributed by atoms with E-state index in [0.29, 0.717) is 24.0 Å². The fraction of sp³-hybridized carbons (Fsp3) is 0.444. The summed E-state index contributed by atoms with van der Waals surface area (Å²) in [5, 5.41) is 2.95. The first-order chi connectivity index (χ1) is 10.4. The maximum absolute atomic E-state index is 12.6. The Morgan fingerprint density at radius 2 is 1.55 bits per heavy atom. The van der Waals surface area contributed by atoms with Gasteiger partial charge in [0.2, 0.25) is 0 Å². The van der Waals surface area contributed by atoms with E-state index in [9.17, 15) is 9.59 Å². The molecular weight excluding hydrogens is 278 g/mol. The molecule has 1 amide bonds. The Labute approximate surface area is 131 Å². The van der Waals surface area contributed by atoms with Crippen LogP contribution in [0.5, 0.6) is 0 Å². The van der Waals surface area contributed by atoms with Crippen LogP contribution < -0.4 is 5.32 Å². The van der Waals surface area contributed by atoms with Crippen molar-refractivity contribution in [2.45, 2.75) is 46.5 Å². The molecule has 0 fully saturated rings. The molecule has 0 saturated carbocycles. The van der Waals surface area contributed by atoms with Crippen molar-refractivity contribution >= 4 is 17.6 Å². The van der Waals surface area contributed by atoms with E-state index >= 15 is 0 Å². The Hall–Kier alpha value is -2.10. The van der Waals surface area contributed by atoms with Crippen LogP contribution in [-0.2, 0) is 14.3 Å². The van der Waals surface area contributed by atoms with Gasteiger partial charge in [0.25, 0.3) is 5.91 Å². The van der Waals surface area contributed by atoms with E-state index in [-0.39, 0.29) is 11.9 Å². The predicted octanol–water partition coefficient (Wildman–Crippen LogP) is 3.59. The molecule has 0 aromatic heterocycles. The molecule has 0 saturated heterocycles. The van der Waals surface area contributed by atoms with E-state index in [1.165, 1.54) is 12.7 Å². The number of rotatable bonds is 3. The summed E-state index contributed by atoms with van der Waals surface area (Å²) in [5.41, 5.74) is 5.24. The molecule has 1 aliphatic rings. The van der Waals surface area contributed by atoms with Crippen LogP contribution in [0.1, 0.15) is 42.4 Å². The first-order valence-corrected chi connectivity index (χ1v) is 7.63. The summed E-state index contributed by atoms with van der Waals surface area (Å²) in [4.78, 5) is 24.4. The van der Waals surface area contributed by atoms with Crippen molar-refractivity contribution in [1.82, 2.24) is 0 Å². The summed E-state index contributed by atoms with van der Waals surface area (Å²) < 4.78 is 4.80. The lowest BCUT2D eigenvalue weighted by molar-refractivity contribution is -0.136. The molecule has 4 nitrogen and oxygen atoms in total. The van der Waals surface area contributed by atoms with Gasteiger partial charge in [0, 0.05) is 16.8 Å². The molecule has 0 spiro atoms. The van der Waals surface area contributed by atoms with Crippen molar-refractivity contribution in [2.24, 2.45) is 0 Å². The quantitative estimate of drug-likeness (QED) is 0.868.